The number of nitrogens with zero attached hydrogens (tertiary/aromatic N) is 1. The van der Waals surface area contributed by atoms with Crippen molar-refractivity contribution >= 4 is 18.0 Å². The summed E-state index contributed by atoms with van der Waals surface area (Å²) in [5, 5.41) is 11.2. The molecular formula is C34H34N2O7. The number of carboxylic acid groups (broad SMARTS) is 1. The Kier molecular flexibility index (Phi) is 11.3. The summed E-state index contributed by atoms with van der Waals surface area (Å²) >= 11 is 0. The van der Waals surface area contributed by atoms with E-state index in [0.29, 0.717) is 17.9 Å². The molecule has 0 aliphatic carbocycles. The number of benzene rings is 4. The van der Waals surface area contributed by atoms with Gasteiger partial charge in [-0.1, -0.05) is 109 Å². The van der Waals surface area contributed by atoms with Crippen LogP contribution in [0.15, 0.2) is 115 Å². The second-order valence-corrected chi connectivity index (χ2v) is 9.74. The maximum Gasteiger partial charge on any atom is 0.425 e. The molecule has 4 rings (SSSR count). The Balaban J connectivity index is 1.59. The van der Waals surface area contributed by atoms with Crippen LogP contribution in [0.4, 0.5) is 4.79 Å². The second-order valence-electron chi connectivity index (χ2n) is 9.74. The third kappa shape index (κ3) is 9.17. The van der Waals surface area contributed by atoms with Crippen molar-refractivity contribution in [2.45, 2.75) is 38.1 Å². The van der Waals surface area contributed by atoms with Crippen molar-refractivity contribution in [3.63, 3.8) is 0 Å². The van der Waals surface area contributed by atoms with Crippen molar-refractivity contribution in [1.29, 1.82) is 0 Å². The molecule has 43 heavy (non-hydrogen) atoms. The van der Waals surface area contributed by atoms with Crippen molar-refractivity contribution < 1.29 is 33.7 Å². The van der Waals surface area contributed by atoms with Crippen LogP contribution in [0, 0.1) is 0 Å². The summed E-state index contributed by atoms with van der Waals surface area (Å²) in [6, 6.07) is 32.2. The van der Waals surface area contributed by atoms with Crippen molar-refractivity contribution in [2.75, 3.05) is 7.11 Å². The van der Waals surface area contributed by atoms with E-state index in [0.717, 1.165) is 21.7 Å². The largest absolute Gasteiger partial charge is 0.489 e. The van der Waals surface area contributed by atoms with Gasteiger partial charge in [-0.25, -0.2) is 20.0 Å². The van der Waals surface area contributed by atoms with Crippen LogP contribution < -0.4 is 10.2 Å². The molecule has 0 unspecified atom stereocenters. The molecule has 9 heteroatoms. The van der Waals surface area contributed by atoms with Crippen molar-refractivity contribution in [2.24, 2.45) is 0 Å². The van der Waals surface area contributed by atoms with E-state index >= 15 is 0 Å². The number of methoxy groups -OCH3 is 1. The summed E-state index contributed by atoms with van der Waals surface area (Å²) in [5.41, 5.74) is 5.81. The van der Waals surface area contributed by atoms with Crippen LogP contribution >= 0.6 is 0 Å². The van der Waals surface area contributed by atoms with Gasteiger partial charge >= 0.3 is 18.0 Å². The Morgan fingerprint density at radius 1 is 0.721 bits per heavy atom. The van der Waals surface area contributed by atoms with Gasteiger partial charge in [-0.2, -0.15) is 0 Å². The Morgan fingerprint density at radius 2 is 1.26 bits per heavy atom. The molecule has 4 aromatic carbocycles. The first kappa shape index (κ1) is 30.8. The molecule has 0 aliphatic rings. The number of carbonyl (C=O) groups is 3. The summed E-state index contributed by atoms with van der Waals surface area (Å²) < 4.78 is 16.6. The number of carbonyl (C=O) groups excluding carboxylic acids is 2. The number of carboxylic acids is 1. The molecule has 0 spiro atoms. The van der Waals surface area contributed by atoms with Crippen molar-refractivity contribution in [3.8, 4) is 5.75 Å². The molecule has 9 nitrogen and oxygen atoms in total. The molecule has 0 aliphatic heterocycles. The second kappa shape index (κ2) is 15.7. The van der Waals surface area contributed by atoms with Crippen LogP contribution in [-0.2, 0) is 45.1 Å². The smallest absolute Gasteiger partial charge is 0.425 e. The molecule has 0 radical (unpaired) electrons. The Hall–Kier alpha value is -5.15. The first-order chi connectivity index (χ1) is 20.9. The van der Waals surface area contributed by atoms with E-state index in [2.05, 4.69) is 5.43 Å². The topological polar surface area (TPSA) is 114 Å². The molecule has 0 saturated heterocycles. The lowest BCUT2D eigenvalue weighted by molar-refractivity contribution is -0.150. The minimum Gasteiger partial charge on any atom is -0.489 e. The highest BCUT2D eigenvalue weighted by atomic mass is 16.6. The predicted molar refractivity (Wildman–Crippen MR) is 160 cm³/mol. The SMILES string of the molecule is COC(=O)[C@H](Cc1ccccc1)N(N[C@@H](Cc1ccccc1OCc1ccccc1)C(=O)O)C(=O)OCc1ccccc1. The first-order valence-corrected chi connectivity index (χ1v) is 13.8. The fraction of sp³-hybridized carbons (Fsp3) is 0.206. The van der Waals surface area contributed by atoms with Gasteiger partial charge in [0.25, 0.3) is 0 Å². The van der Waals surface area contributed by atoms with Gasteiger partial charge in [0, 0.05) is 12.8 Å². The molecule has 0 bridgehead atoms. The van der Waals surface area contributed by atoms with E-state index in [-0.39, 0.29) is 19.4 Å². The highest BCUT2D eigenvalue weighted by Gasteiger charge is 2.36. The Morgan fingerprint density at radius 3 is 1.84 bits per heavy atom. The lowest BCUT2D eigenvalue weighted by Crippen LogP contribution is -2.59. The van der Waals surface area contributed by atoms with Gasteiger partial charge in [0.05, 0.1) is 7.11 Å². The number of nitrogens with one attached hydrogen (secondary N) is 1. The highest BCUT2D eigenvalue weighted by molar-refractivity contribution is 5.82. The molecule has 4 aromatic rings. The number of amides is 1. The lowest BCUT2D eigenvalue weighted by Gasteiger charge is -2.32. The number of hydrogen-bond acceptors (Lipinski definition) is 7. The van der Waals surface area contributed by atoms with E-state index < -0.39 is 30.1 Å². The average Bonchev–Trinajstić information content (AvgIpc) is 3.05. The molecule has 2 N–H and O–H groups in total. The van der Waals surface area contributed by atoms with Gasteiger partial charge < -0.3 is 19.3 Å². The third-order valence-corrected chi connectivity index (χ3v) is 6.69. The number of rotatable bonds is 14. The first-order valence-electron chi connectivity index (χ1n) is 13.8. The van der Waals surface area contributed by atoms with E-state index in [4.69, 9.17) is 14.2 Å². The van der Waals surface area contributed by atoms with E-state index in [1.54, 1.807) is 48.5 Å². The molecular weight excluding hydrogens is 548 g/mol. The highest BCUT2D eigenvalue weighted by Crippen LogP contribution is 2.22. The van der Waals surface area contributed by atoms with Crippen LogP contribution in [0.2, 0.25) is 0 Å². The van der Waals surface area contributed by atoms with Gasteiger partial charge in [0.2, 0.25) is 0 Å². The molecule has 0 heterocycles. The molecule has 0 saturated carbocycles. The molecule has 1 amide bonds. The van der Waals surface area contributed by atoms with Gasteiger partial charge in [-0.05, 0) is 28.3 Å². The van der Waals surface area contributed by atoms with Crippen LogP contribution in [-0.4, -0.2) is 47.3 Å². The number of hydrazine groups is 1. The summed E-state index contributed by atoms with van der Waals surface area (Å²) in [6.45, 7) is 0.216. The van der Waals surface area contributed by atoms with E-state index in [1.807, 2.05) is 66.7 Å². The number of esters is 1. The fourth-order valence-electron chi connectivity index (χ4n) is 4.44. The van der Waals surface area contributed by atoms with Gasteiger partial charge in [0.15, 0.2) is 6.04 Å². The maximum atomic E-state index is 13.5. The van der Waals surface area contributed by atoms with Crippen LogP contribution in [0.25, 0.3) is 0 Å². The van der Waals surface area contributed by atoms with Crippen molar-refractivity contribution in [1.82, 2.24) is 10.4 Å². The van der Waals surface area contributed by atoms with Crippen molar-refractivity contribution in [3.05, 3.63) is 138 Å². The molecule has 2 atom stereocenters. The van der Waals surface area contributed by atoms with Crippen LogP contribution in [0.3, 0.4) is 0 Å². The summed E-state index contributed by atoms with van der Waals surface area (Å²) in [6.07, 6.45) is -0.915. The predicted octanol–water partition coefficient (Wildman–Crippen LogP) is 5.19. The minimum absolute atomic E-state index is 0.0536. The van der Waals surface area contributed by atoms with Gasteiger partial charge in [-0.3, -0.25) is 4.79 Å². The summed E-state index contributed by atoms with van der Waals surface area (Å²) in [5.74, 6) is -1.46. The van der Waals surface area contributed by atoms with Crippen LogP contribution in [0.5, 0.6) is 5.75 Å². The molecule has 0 fully saturated rings. The zero-order valence-corrected chi connectivity index (χ0v) is 23.8. The monoisotopic (exact) mass is 582 g/mol. The molecule has 0 aromatic heterocycles. The van der Waals surface area contributed by atoms with Crippen LogP contribution in [0.1, 0.15) is 22.3 Å². The zero-order valence-electron chi connectivity index (χ0n) is 23.8. The summed E-state index contributed by atoms with van der Waals surface area (Å²) in [7, 11) is 1.21. The van der Waals surface area contributed by atoms with E-state index in [9.17, 15) is 19.5 Å². The Bertz CT molecular complexity index is 1470. The minimum atomic E-state index is -1.33. The number of hydrogen-bond donors (Lipinski definition) is 2. The third-order valence-electron chi connectivity index (χ3n) is 6.69. The molecule has 222 valence electrons. The average molecular weight is 583 g/mol. The maximum absolute atomic E-state index is 13.5. The summed E-state index contributed by atoms with van der Waals surface area (Å²) in [4.78, 5) is 39.1. The lowest BCUT2D eigenvalue weighted by atomic mass is 10.0. The normalized spacial score (nSPS) is 12.0. The quantitative estimate of drug-likeness (QED) is 0.154. The number of ether oxygens (including phenoxy) is 3. The standard InChI is InChI=1S/C34H34N2O7/c1-41-33(39)30(21-25-13-5-2-6-14-25)36(34(40)43-24-27-17-9-4-10-18-27)35-29(32(37)38)22-28-19-11-12-20-31(28)42-23-26-15-7-3-8-16-26/h2-20,29-30,35H,21-24H2,1H3,(H,37,38)/t29-,30-/m0/s1. The van der Waals surface area contributed by atoms with Gasteiger partial charge in [-0.15, -0.1) is 0 Å². The van der Waals surface area contributed by atoms with E-state index in [1.165, 1.54) is 7.11 Å². The fourth-order valence-corrected chi connectivity index (χ4v) is 4.44. The van der Waals surface area contributed by atoms with Gasteiger partial charge in [0.1, 0.15) is 25.0 Å². The Labute approximate surface area is 250 Å². The number of para-hydroxylation sites is 1. The number of aliphatic carboxylic acids is 1. The zero-order chi connectivity index (χ0) is 30.4.